The SMILES string of the molecule is Cn1ncc2c1CCCC2NC(=O)CC(N)C(C)(C)C. The van der Waals surface area contributed by atoms with Crippen molar-refractivity contribution in [2.45, 2.75) is 58.5 Å². The van der Waals surface area contributed by atoms with E-state index in [2.05, 4.69) is 31.2 Å². The van der Waals surface area contributed by atoms with Gasteiger partial charge in [-0.25, -0.2) is 0 Å². The average molecular weight is 278 g/mol. The predicted molar refractivity (Wildman–Crippen MR) is 79.1 cm³/mol. The van der Waals surface area contributed by atoms with Gasteiger partial charge in [0.15, 0.2) is 0 Å². The maximum Gasteiger partial charge on any atom is 0.222 e. The maximum absolute atomic E-state index is 12.2. The van der Waals surface area contributed by atoms with Gasteiger partial charge < -0.3 is 11.1 Å². The first-order valence-electron chi connectivity index (χ1n) is 7.34. The highest BCUT2D eigenvalue weighted by atomic mass is 16.1. The summed E-state index contributed by atoms with van der Waals surface area (Å²) in [6, 6.07) is -0.0356. The van der Waals surface area contributed by atoms with Gasteiger partial charge in [0.1, 0.15) is 0 Å². The third-order valence-corrected chi connectivity index (χ3v) is 4.23. The van der Waals surface area contributed by atoms with Crippen LogP contribution in [0.2, 0.25) is 0 Å². The number of hydrogen-bond acceptors (Lipinski definition) is 3. The van der Waals surface area contributed by atoms with Gasteiger partial charge in [-0.2, -0.15) is 5.10 Å². The Hall–Kier alpha value is -1.36. The zero-order chi connectivity index (χ0) is 14.9. The predicted octanol–water partition coefficient (Wildman–Crippen LogP) is 1.68. The summed E-state index contributed by atoms with van der Waals surface area (Å²) in [4.78, 5) is 12.2. The largest absolute Gasteiger partial charge is 0.349 e. The molecule has 5 heteroatoms. The van der Waals surface area contributed by atoms with E-state index in [0.717, 1.165) is 24.8 Å². The fraction of sp³-hybridized carbons (Fsp3) is 0.733. The molecule has 0 aliphatic heterocycles. The van der Waals surface area contributed by atoms with E-state index >= 15 is 0 Å². The molecule has 2 rings (SSSR count). The van der Waals surface area contributed by atoms with Crippen LogP contribution in [-0.4, -0.2) is 21.7 Å². The standard InChI is InChI=1S/C15H26N4O/c1-15(2,3)13(16)8-14(20)18-11-6-5-7-12-10(11)9-17-19(12)4/h9,11,13H,5-8,16H2,1-4H3,(H,18,20). The van der Waals surface area contributed by atoms with Crippen LogP contribution in [-0.2, 0) is 18.3 Å². The number of nitrogens with one attached hydrogen (secondary N) is 1. The van der Waals surface area contributed by atoms with Crippen LogP contribution in [0, 0.1) is 5.41 Å². The smallest absolute Gasteiger partial charge is 0.222 e. The zero-order valence-corrected chi connectivity index (χ0v) is 12.9. The summed E-state index contributed by atoms with van der Waals surface area (Å²) in [5.41, 5.74) is 8.43. The van der Waals surface area contributed by atoms with Gasteiger partial charge in [0.25, 0.3) is 0 Å². The Balaban J connectivity index is 1.99. The number of amides is 1. The van der Waals surface area contributed by atoms with E-state index in [-0.39, 0.29) is 23.4 Å². The second kappa shape index (κ2) is 5.56. The molecule has 0 saturated carbocycles. The topological polar surface area (TPSA) is 72.9 Å². The molecule has 0 aromatic carbocycles. The number of fused-ring (bicyclic) bond motifs is 1. The Labute approximate surface area is 120 Å². The van der Waals surface area contributed by atoms with E-state index in [0.29, 0.717) is 6.42 Å². The number of aryl methyl sites for hydroxylation is 1. The summed E-state index contributed by atoms with van der Waals surface area (Å²) < 4.78 is 1.91. The Morgan fingerprint density at radius 3 is 2.95 bits per heavy atom. The number of carbonyl (C=O) groups is 1. The third kappa shape index (κ3) is 3.20. The van der Waals surface area contributed by atoms with Gasteiger partial charge >= 0.3 is 0 Å². The molecule has 0 fully saturated rings. The van der Waals surface area contributed by atoms with Crippen LogP contribution in [0.3, 0.4) is 0 Å². The monoisotopic (exact) mass is 278 g/mol. The molecule has 0 saturated heterocycles. The molecule has 3 N–H and O–H groups in total. The molecule has 2 atom stereocenters. The van der Waals surface area contributed by atoms with Crippen molar-refractivity contribution in [3.63, 3.8) is 0 Å². The Morgan fingerprint density at radius 1 is 1.60 bits per heavy atom. The first kappa shape index (κ1) is 15.0. The molecule has 0 bridgehead atoms. The molecule has 112 valence electrons. The lowest BCUT2D eigenvalue weighted by Crippen LogP contribution is -2.41. The molecule has 0 spiro atoms. The Morgan fingerprint density at radius 2 is 2.30 bits per heavy atom. The highest BCUT2D eigenvalue weighted by Gasteiger charge is 2.27. The van der Waals surface area contributed by atoms with Gasteiger partial charge in [0.05, 0.1) is 12.2 Å². The van der Waals surface area contributed by atoms with Gasteiger partial charge in [-0.1, -0.05) is 20.8 Å². The first-order valence-corrected chi connectivity index (χ1v) is 7.34. The lowest BCUT2D eigenvalue weighted by Gasteiger charge is -2.28. The molecule has 1 aliphatic rings. The Kier molecular flexibility index (Phi) is 4.18. The number of aromatic nitrogens is 2. The van der Waals surface area contributed by atoms with Crippen molar-refractivity contribution in [3.8, 4) is 0 Å². The lowest BCUT2D eigenvalue weighted by molar-refractivity contribution is -0.122. The summed E-state index contributed by atoms with van der Waals surface area (Å²) >= 11 is 0. The quantitative estimate of drug-likeness (QED) is 0.883. The lowest BCUT2D eigenvalue weighted by atomic mass is 9.85. The van der Waals surface area contributed by atoms with Crippen LogP contribution in [0.5, 0.6) is 0 Å². The number of nitrogens with zero attached hydrogens (tertiary/aromatic N) is 2. The van der Waals surface area contributed by atoms with E-state index in [1.807, 2.05) is 17.9 Å². The zero-order valence-electron chi connectivity index (χ0n) is 12.9. The van der Waals surface area contributed by atoms with E-state index in [1.54, 1.807) is 0 Å². The van der Waals surface area contributed by atoms with Crippen molar-refractivity contribution in [1.82, 2.24) is 15.1 Å². The fourth-order valence-electron chi connectivity index (χ4n) is 2.62. The number of nitrogens with two attached hydrogens (primary N) is 1. The van der Waals surface area contributed by atoms with Crippen LogP contribution in [0.15, 0.2) is 6.20 Å². The molecule has 1 amide bonds. The number of carbonyl (C=O) groups excluding carboxylic acids is 1. The molecule has 1 aromatic heterocycles. The molecule has 0 radical (unpaired) electrons. The van der Waals surface area contributed by atoms with Crippen molar-refractivity contribution < 1.29 is 4.79 Å². The fourth-order valence-corrected chi connectivity index (χ4v) is 2.62. The minimum Gasteiger partial charge on any atom is -0.349 e. The van der Waals surface area contributed by atoms with Crippen LogP contribution in [0.4, 0.5) is 0 Å². The van der Waals surface area contributed by atoms with Gasteiger partial charge in [-0.3, -0.25) is 9.48 Å². The number of rotatable bonds is 3. The van der Waals surface area contributed by atoms with Crippen LogP contribution in [0.25, 0.3) is 0 Å². The molecule has 20 heavy (non-hydrogen) atoms. The molecule has 2 unspecified atom stereocenters. The minimum atomic E-state index is -0.126. The highest BCUT2D eigenvalue weighted by molar-refractivity contribution is 5.77. The minimum absolute atomic E-state index is 0.0362. The van der Waals surface area contributed by atoms with Crippen molar-refractivity contribution in [2.24, 2.45) is 18.2 Å². The maximum atomic E-state index is 12.2. The molecule has 5 nitrogen and oxygen atoms in total. The van der Waals surface area contributed by atoms with E-state index in [9.17, 15) is 4.79 Å². The normalized spacial score (nSPS) is 20.4. The summed E-state index contributed by atoms with van der Waals surface area (Å²) in [6.07, 6.45) is 5.36. The molecular weight excluding hydrogens is 252 g/mol. The summed E-state index contributed by atoms with van der Waals surface area (Å²) in [5, 5.41) is 7.42. The molecule has 1 aliphatic carbocycles. The molecule has 1 heterocycles. The van der Waals surface area contributed by atoms with E-state index < -0.39 is 0 Å². The molecule has 1 aromatic rings. The third-order valence-electron chi connectivity index (χ3n) is 4.23. The highest BCUT2D eigenvalue weighted by Crippen LogP contribution is 2.29. The second-order valence-corrected chi connectivity index (χ2v) is 6.86. The summed E-state index contributed by atoms with van der Waals surface area (Å²) in [7, 11) is 1.96. The second-order valence-electron chi connectivity index (χ2n) is 6.86. The van der Waals surface area contributed by atoms with Gasteiger partial charge in [-0.05, 0) is 24.7 Å². The summed E-state index contributed by atoms with van der Waals surface area (Å²) in [5.74, 6) is 0.0362. The van der Waals surface area contributed by atoms with Gasteiger partial charge in [0, 0.05) is 30.8 Å². The number of hydrogen-bond donors (Lipinski definition) is 2. The Bertz CT molecular complexity index is 487. The first-order chi connectivity index (χ1) is 9.29. The van der Waals surface area contributed by atoms with Crippen molar-refractivity contribution in [1.29, 1.82) is 0 Å². The van der Waals surface area contributed by atoms with Crippen molar-refractivity contribution in [3.05, 3.63) is 17.5 Å². The van der Waals surface area contributed by atoms with Crippen LogP contribution in [0.1, 0.15) is 57.3 Å². The van der Waals surface area contributed by atoms with Gasteiger partial charge in [-0.15, -0.1) is 0 Å². The summed E-state index contributed by atoms with van der Waals surface area (Å²) in [6.45, 7) is 6.18. The van der Waals surface area contributed by atoms with Crippen LogP contribution < -0.4 is 11.1 Å². The average Bonchev–Trinajstić information content (AvgIpc) is 2.71. The van der Waals surface area contributed by atoms with Crippen molar-refractivity contribution in [2.75, 3.05) is 0 Å². The van der Waals surface area contributed by atoms with E-state index in [1.165, 1.54) is 5.69 Å². The van der Waals surface area contributed by atoms with Crippen molar-refractivity contribution >= 4 is 5.91 Å². The van der Waals surface area contributed by atoms with Gasteiger partial charge in [0.2, 0.25) is 5.91 Å². The van der Waals surface area contributed by atoms with Crippen LogP contribution >= 0.6 is 0 Å². The van der Waals surface area contributed by atoms with E-state index in [4.69, 9.17) is 5.73 Å². The molecular formula is C15H26N4O.